The van der Waals surface area contributed by atoms with Gasteiger partial charge < -0.3 is 10.2 Å². The van der Waals surface area contributed by atoms with Crippen molar-refractivity contribution in [1.29, 1.82) is 0 Å². The van der Waals surface area contributed by atoms with Gasteiger partial charge in [0.15, 0.2) is 23.1 Å². The van der Waals surface area contributed by atoms with Crippen molar-refractivity contribution in [2.75, 3.05) is 6.61 Å². The zero-order valence-corrected chi connectivity index (χ0v) is 14.9. The fraction of sp³-hybridized carbons (Fsp3) is 0.368. The number of nitrogens with zero attached hydrogens (tertiary/aromatic N) is 1. The lowest BCUT2D eigenvalue weighted by Gasteiger charge is -2.38. The topological polar surface area (TPSA) is 70.4 Å². The standard InChI is InChI=1S/C19H17ClF3NO3/c20-15-11(3-5-13(21)16(15)22)4-6-14(26)19(23)8-7-18(27,10-25)17-12(19)2-1-9-24-17/h1-3,5,9,25,27H,4,6-8,10H2/t18-,19-/m0/s1. The van der Waals surface area contributed by atoms with E-state index in [1.807, 2.05) is 0 Å². The number of Topliss-reactive ketones (excluding diaryl/α,β-unsaturated/α-hetero) is 1. The molecule has 0 radical (unpaired) electrons. The van der Waals surface area contributed by atoms with Crippen molar-refractivity contribution in [2.24, 2.45) is 0 Å². The van der Waals surface area contributed by atoms with Crippen LogP contribution in [-0.4, -0.2) is 27.6 Å². The van der Waals surface area contributed by atoms with E-state index in [0.717, 1.165) is 6.07 Å². The average molecular weight is 400 g/mol. The Morgan fingerprint density at radius 2 is 2.00 bits per heavy atom. The van der Waals surface area contributed by atoms with E-state index in [1.165, 1.54) is 24.4 Å². The lowest BCUT2D eigenvalue weighted by atomic mass is 9.72. The number of pyridine rings is 1. The molecule has 0 amide bonds. The number of alkyl halides is 1. The molecule has 0 fully saturated rings. The number of hydrogen-bond donors (Lipinski definition) is 2. The van der Waals surface area contributed by atoms with Crippen molar-refractivity contribution >= 4 is 17.4 Å². The van der Waals surface area contributed by atoms with E-state index in [4.69, 9.17) is 11.6 Å². The van der Waals surface area contributed by atoms with Gasteiger partial charge in [-0.05, 0) is 37.0 Å². The Bertz CT molecular complexity index is 894. The van der Waals surface area contributed by atoms with Gasteiger partial charge in [-0.2, -0.15) is 0 Å². The molecular weight excluding hydrogens is 383 g/mol. The highest BCUT2D eigenvalue weighted by molar-refractivity contribution is 6.31. The van der Waals surface area contributed by atoms with E-state index < -0.39 is 40.3 Å². The number of carbonyl (C=O) groups is 1. The molecule has 1 aliphatic rings. The molecule has 1 aromatic carbocycles. The molecule has 1 aromatic heterocycles. The van der Waals surface area contributed by atoms with Gasteiger partial charge in [-0.25, -0.2) is 13.2 Å². The van der Waals surface area contributed by atoms with Gasteiger partial charge >= 0.3 is 0 Å². The molecule has 0 unspecified atom stereocenters. The zero-order chi connectivity index (χ0) is 19.8. The van der Waals surface area contributed by atoms with Crippen LogP contribution < -0.4 is 0 Å². The fourth-order valence-electron chi connectivity index (χ4n) is 3.38. The van der Waals surface area contributed by atoms with Gasteiger partial charge in [0.05, 0.1) is 17.3 Å². The lowest BCUT2D eigenvalue weighted by molar-refractivity contribution is -0.135. The van der Waals surface area contributed by atoms with Gasteiger partial charge in [0.2, 0.25) is 0 Å². The minimum Gasteiger partial charge on any atom is -0.393 e. The van der Waals surface area contributed by atoms with Crippen molar-refractivity contribution in [3.8, 4) is 0 Å². The fourth-order valence-corrected chi connectivity index (χ4v) is 3.62. The van der Waals surface area contributed by atoms with Crippen LogP contribution in [0.25, 0.3) is 0 Å². The number of aliphatic hydroxyl groups excluding tert-OH is 1. The minimum atomic E-state index is -2.39. The van der Waals surface area contributed by atoms with E-state index in [-0.39, 0.29) is 42.5 Å². The summed E-state index contributed by atoms with van der Waals surface area (Å²) >= 11 is 5.75. The third-order valence-corrected chi connectivity index (χ3v) is 5.41. The molecule has 8 heteroatoms. The molecule has 0 spiro atoms. The summed E-state index contributed by atoms with van der Waals surface area (Å²) in [6.07, 6.45) is 0.471. The van der Waals surface area contributed by atoms with Crippen LogP contribution >= 0.6 is 11.6 Å². The van der Waals surface area contributed by atoms with E-state index >= 15 is 4.39 Å². The first kappa shape index (κ1) is 19.8. The number of hydrogen-bond acceptors (Lipinski definition) is 4. The molecule has 144 valence electrons. The van der Waals surface area contributed by atoms with Gasteiger partial charge in [-0.15, -0.1) is 0 Å². The molecule has 27 heavy (non-hydrogen) atoms. The van der Waals surface area contributed by atoms with Crippen molar-refractivity contribution in [3.05, 3.63) is 63.9 Å². The summed E-state index contributed by atoms with van der Waals surface area (Å²) in [5.74, 6) is -3.10. The quantitative estimate of drug-likeness (QED) is 0.756. The van der Waals surface area contributed by atoms with Crippen LogP contribution in [0.5, 0.6) is 0 Å². The second kappa shape index (κ2) is 7.22. The number of aliphatic hydroxyl groups is 2. The molecule has 0 aliphatic heterocycles. The number of halogens is 4. The summed E-state index contributed by atoms with van der Waals surface area (Å²) in [6, 6.07) is 4.94. The van der Waals surface area contributed by atoms with Gasteiger partial charge in [0.1, 0.15) is 5.60 Å². The summed E-state index contributed by atoms with van der Waals surface area (Å²) in [5.41, 5.74) is -4.07. The Labute approximate surface area is 158 Å². The number of ketones is 1. The highest BCUT2D eigenvalue weighted by Gasteiger charge is 2.51. The van der Waals surface area contributed by atoms with Gasteiger partial charge in [-0.1, -0.05) is 23.7 Å². The second-order valence-corrected chi connectivity index (χ2v) is 7.03. The monoisotopic (exact) mass is 399 g/mol. The molecule has 1 heterocycles. The van der Waals surface area contributed by atoms with Crippen molar-refractivity contribution in [2.45, 2.75) is 37.0 Å². The van der Waals surface area contributed by atoms with Crippen LogP contribution in [-0.2, 0) is 22.5 Å². The SMILES string of the molecule is O=C(CCc1ccc(F)c(F)c1Cl)[C@]1(F)CC[C@](O)(CO)c2ncccc21. The Morgan fingerprint density at radius 1 is 1.26 bits per heavy atom. The third kappa shape index (κ3) is 3.35. The number of carbonyl (C=O) groups excluding carboxylic acids is 1. The first-order chi connectivity index (χ1) is 12.7. The van der Waals surface area contributed by atoms with Crippen molar-refractivity contribution in [3.63, 3.8) is 0 Å². The maximum atomic E-state index is 15.6. The van der Waals surface area contributed by atoms with Crippen LogP contribution in [0.2, 0.25) is 5.02 Å². The van der Waals surface area contributed by atoms with Gasteiger partial charge in [0, 0.05) is 18.2 Å². The summed E-state index contributed by atoms with van der Waals surface area (Å²) in [7, 11) is 0. The highest BCUT2D eigenvalue weighted by atomic mass is 35.5. The zero-order valence-electron chi connectivity index (χ0n) is 14.2. The molecule has 4 nitrogen and oxygen atoms in total. The number of benzene rings is 1. The molecule has 0 bridgehead atoms. The first-order valence-electron chi connectivity index (χ1n) is 8.37. The summed E-state index contributed by atoms with van der Waals surface area (Å²) in [6.45, 7) is -0.647. The molecule has 2 atom stereocenters. The van der Waals surface area contributed by atoms with E-state index in [2.05, 4.69) is 4.98 Å². The van der Waals surface area contributed by atoms with Crippen LogP contribution in [0, 0.1) is 11.6 Å². The highest BCUT2D eigenvalue weighted by Crippen LogP contribution is 2.46. The number of aryl methyl sites for hydroxylation is 1. The molecule has 1 aliphatic carbocycles. The molecule has 2 aromatic rings. The molecular formula is C19H17ClF3NO3. The summed E-state index contributed by atoms with van der Waals surface area (Å²) in [5, 5.41) is 19.5. The summed E-state index contributed by atoms with van der Waals surface area (Å²) < 4.78 is 42.3. The molecule has 0 saturated carbocycles. The number of fused-ring (bicyclic) bond motifs is 1. The Balaban J connectivity index is 1.87. The largest absolute Gasteiger partial charge is 0.393 e. The van der Waals surface area contributed by atoms with E-state index in [1.54, 1.807) is 0 Å². The normalized spacial score (nSPS) is 24.5. The maximum Gasteiger partial charge on any atom is 0.195 e. The Hall–Kier alpha value is -1.96. The van der Waals surface area contributed by atoms with Crippen LogP contribution in [0.3, 0.4) is 0 Å². The predicted octanol–water partition coefficient (Wildman–Crippen LogP) is 3.35. The number of aromatic nitrogens is 1. The predicted molar refractivity (Wildman–Crippen MR) is 91.9 cm³/mol. The van der Waals surface area contributed by atoms with Crippen molar-refractivity contribution in [1.82, 2.24) is 4.98 Å². The summed E-state index contributed by atoms with van der Waals surface area (Å²) in [4.78, 5) is 16.6. The minimum absolute atomic E-state index is 0.0690. The molecule has 0 saturated heterocycles. The molecule has 2 N–H and O–H groups in total. The van der Waals surface area contributed by atoms with Gasteiger partial charge in [0.25, 0.3) is 0 Å². The first-order valence-corrected chi connectivity index (χ1v) is 8.74. The third-order valence-electron chi connectivity index (χ3n) is 5.00. The smallest absolute Gasteiger partial charge is 0.195 e. The number of rotatable bonds is 5. The van der Waals surface area contributed by atoms with Crippen LogP contribution in [0.1, 0.15) is 36.1 Å². The van der Waals surface area contributed by atoms with Gasteiger partial charge in [-0.3, -0.25) is 9.78 Å². The van der Waals surface area contributed by atoms with Crippen LogP contribution in [0.4, 0.5) is 13.2 Å². The average Bonchev–Trinajstić information content (AvgIpc) is 2.68. The van der Waals surface area contributed by atoms with E-state index in [9.17, 15) is 23.8 Å². The Kier molecular flexibility index (Phi) is 5.29. The van der Waals surface area contributed by atoms with Crippen molar-refractivity contribution < 1.29 is 28.2 Å². The second-order valence-electron chi connectivity index (χ2n) is 6.65. The van der Waals surface area contributed by atoms with E-state index in [0.29, 0.717) is 0 Å². The molecule has 3 rings (SSSR count). The van der Waals surface area contributed by atoms with Crippen LogP contribution in [0.15, 0.2) is 30.5 Å². The lowest BCUT2D eigenvalue weighted by Crippen LogP contribution is -2.45. The Morgan fingerprint density at radius 3 is 2.70 bits per heavy atom. The maximum absolute atomic E-state index is 15.6.